The number of rotatable bonds is 3. The summed E-state index contributed by atoms with van der Waals surface area (Å²) >= 11 is 0. The fourth-order valence-electron chi connectivity index (χ4n) is 0.768. The maximum absolute atomic E-state index is 12.8. The largest absolute Gasteiger partial charge is 0.489 e. The van der Waals surface area contributed by atoms with Gasteiger partial charge in [-0.3, -0.25) is 0 Å². The van der Waals surface area contributed by atoms with E-state index in [1.54, 1.807) is 12.1 Å². The van der Waals surface area contributed by atoms with Gasteiger partial charge >= 0.3 is 0 Å². The number of nitrogens with zero attached hydrogens (tertiary/aromatic N) is 1. The third kappa shape index (κ3) is 2.24. The van der Waals surface area contributed by atoms with E-state index in [1.165, 1.54) is 12.1 Å². The van der Waals surface area contributed by atoms with Crippen molar-refractivity contribution in [2.24, 2.45) is 0 Å². The smallest absolute Gasteiger partial charge is 0.165 e. The van der Waals surface area contributed by atoms with Crippen LogP contribution in [0.3, 0.4) is 0 Å². The minimum Gasteiger partial charge on any atom is -0.489 e. The third-order valence-electron chi connectivity index (χ3n) is 1.31. The van der Waals surface area contributed by atoms with Gasteiger partial charge in [0.1, 0.15) is 6.61 Å². The van der Waals surface area contributed by atoms with Gasteiger partial charge in [0.05, 0.1) is 12.5 Å². The molecule has 0 aliphatic heterocycles. The first-order valence-corrected chi connectivity index (χ1v) is 3.59. The molecular weight excluding hydrogens is 157 g/mol. The van der Waals surface area contributed by atoms with Gasteiger partial charge in [0.2, 0.25) is 0 Å². The molecule has 0 aliphatic carbocycles. The number of halogens is 1. The van der Waals surface area contributed by atoms with Crippen molar-refractivity contribution in [2.75, 3.05) is 6.61 Å². The topological polar surface area (TPSA) is 33.0 Å². The van der Waals surface area contributed by atoms with Gasteiger partial charge in [0.15, 0.2) is 11.6 Å². The highest BCUT2D eigenvalue weighted by atomic mass is 19.1. The minimum absolute atomic E-state index is 0.202. The Kier molecular flexibility index (Phi) is 3.09. The average molecular weight is 165 g/mol. The molecule has 0 aliphatic rings. The Morgan fingerprint density at radius 2 is 2.17 bits per heavy atom. The molecule has 1 rings (SSSR count). The van der Waals surface area contributed by atoms with Crippen molar-refractivity contribution in [3.63, 3.8) is 0 Å². The van der Waals surface area contributed by atoms with Gasteiger partial charge in [0, 0.05) is 0 Å². The summed E-state index contributed by atoms with van der Waals surface area (Å²) in [7, 11) is 0. The summed E-state index contributed by atoms with van der Waals surface area (Å²) in [5.41, 5.74) is 0. The van der Waals surface area contributed by atoms with Gasteiger partial charge in [0.25, 0.3) is 0 Å². The van der Waals surface area contributed by atoms with E-state index in [-0.39, 0.29) is 18.8 Å². The zero-order chi connectivity index (χ0) is 8.81. The molecule has 0 spiro atoms. The first-order chi connectivity index (χ1) is 5.84. The second kappa shape index (κ2) is 4.35. The van der Waals surface area contributed by atoms with E-state index >= 15 is 0 Å². The third-order valence-corrected chi connectivity index (χ3v) is 1.31. The lowest BCUT2D eigenvalue weighted by molar-refractivity contribution is 0.309. The van der Waals surface area contributed by atoms with Gasteiger partial charge in [-0.05, 0) is 12.1 Å². The molecule has 1 aromatic rings. The molecule has 0 atom stereocenters. The second-order valence-corrected chi connectivity index (χ2v) is 2.19. The predicted octanol–water partition coefficient (Wildman–Crippen LogP) is 2.12. The van der Waals surface area contributed by atoms with Crippen LogP contribution in [-0.4, -0.2) is 6.61 Å². The molecule has 0 N–H and O–H groups in total. The Hall–Kier alpha value is -1.56. The monoisotopic (exact) mass is 165 g/mol. The van der Waals surface area contributed by atoms with Crippen LogP contribution in [0, 0.1) is 17.1 Å². The first kappa shape index (κ1) is 8.54. The molecule has 0 bridgehead atoms. The number of ether oxygens (including phenoxy) is 1. The zero-order valence-electron chi connectivity index (χ0n) is 6.46. The summed E-state index contributed by atoms with van der Waals surface area (Å²) < 4.78 is 17.8. The van der Waals surface area contributed by atoms with Crippen LogP contribution < -0.4 is 4.74 Å². The van der Waals surface area contributed by atoms with Crippen molar-refractivity contribution in [3.8, 4) is 11.8 Å². The van der Waals surface area contributed by atoms with Crippen LogP contribution in [0.1, 0.15) is 6.42 Å². The molecule has 0 saturated heterocycles. The van der Waals surface area contributed by atoms with Crippen molar-refractivity contribution in [3.05, 3.63) is 30.1 Å². The van der Waals surface area contributed by atoms with Crippen molar-refractivity contribution in [1.82, 2.24) is 0 Å². The SMILES string of the molecule is N#CCCOc1ccccc1F. The summed E-state index contributed by atoms with van der Waals surface area (Å²) in [5, 5.41) is 8.19. The average Bonchev–Trinajstić information content (AvgIpc) is 2.09. The van der Waals surface area contributed by atoms with Gasteiger partial charge in [-0.15, -0.1) is 0 Å². The van der Waals surface area contributed by atoms with Crippen LogP contribution in [0.4, 0.5) is 4.39 Å². The van der Waals surface area contributed by atoms with Crippen LogP contribution in [0.15, 0.2) is 24.3 Å². The van der Waals surface area contributed by atoms with E-state index in [4.69, 9.17) is 10.00 Å². The number of nitriles is 1. The number of benzene rings is 1. The van der Waals surface area contributed by atoms with E-state index in [1.807, 2.05) is 6.07 Å². The Labute approximate surface area is 70.2 Å². The van der Waals surface area contributed by atoms with Gasteiger partial charge in [-0.25, -0.2) is 4.39 Å². The lowest BCUT2D eigenvalue weighted by Gasteiger charge is -2.03. The van der Waals surface area contributed by atoms with Crippen LogP contribution in [0.2, 0.25) is 0 Å². The maximum atomic E-state index is 12.8. The zero-order valence-corrected chi connectivity index (χ0v) is 6.46. The van der Waals surface area contributed by atoms with Crippen LogP contribution in [0.5, 0.6) is 5.75 Å². The van der Waals surface area contributed by atoms with Gasteiger partial charge < -0.3 is 4.74 Å². The molecule has 62 valence electrons. The lowest BCUT2D eigenvalue weighted by atomic mass is 10.3. The fraction of sp³-hybridized carbons (Fsp3) is 0.222. The Morgan fingerprint density at radius 1 is 1.42 bits per heavy atom. The predicted molar refractivity (Wildman–Crippen MR) is 42.1 cm³/mol. The van der Waals surface area contributed by atoms with Crippen LogP contribution >= 0.6 is 0 Å². The first-order valence-electron chi connectivity index (χ1n) is 3.59. The molecule has 0 saturated carbocycles. The maximum Gasteiger partial charge on any atom is 0.165 e. The summed E-state index contributed by atoms with van der Waals surface area (Å²) in [4.78, 5) is 0. The van der Waals surface area contributed by atoms with Crippen LogP contribution in [-0.2, 0) is 0 Å². The summed E-state index contributed by atoms with van der Waals surface area (Å²) in [6.07, 6.45) is 0.272. The van der Waals surface area contributed by atoms with E-state index in [0.717, 1.165) is 0 Å². The van der Waals surface area contributed by atoms with E-state index < -0.39 is 5.82 Å². The normalized spacial score (nSPS) is 9.00. The van der Waals surface area contributed by atoms with Crippen molar-refractivity contribution >= 4 is 0 Å². The van der Waals surface area contributed by atoms with Gasteiger partial charge in [-0.1, -0.05) is 12.1 Å². The molecule has 2 nitrogen and oxygen atoms in total. The Morgan fingerprint density at radius 3 is 2.83 bits per heavy atom. The molecule has 0 radical (unpaired) electrons. The minimum atomic E-state index is -0.393. The van der Waals surface area contributed by atoms with E-state index in [2.05, 4.69) is 0 Å². The molecule has 0 amide bonds. The summed E-state index contributed by atoms with van der Waals surface area (Å²) in [6, 6.07) is 8.04. The summed E-state index contributed by atoms with van der Waals surface area (Å²) in [5.74, 6) is -0.191. The highest BCUT2D eigenvalue weighted by molar-refractivity contribution is 5.23. The van der Waals surface area contributed by atoms with Crippen LogP contribution in [0.25, 0.3) is 0 Å². The lowest BCUT2D eigenvalue weighted by Crippen LogP contribution is -1.97. The Bertz CT molecular complexity index is 293. The molecule has 0 aromatic heterocycles. The number of hydrogen-bond acceptors (Lipinski definition) is 2. The van der Waals surface area contributed by atoms with E-state index in [9.17, 15) is 4.39 Å². The van der Waals surface area contributed by atoms with E-state index in [0.29, 0.717) is 0 Å². The number of hydrogen-bond donors (Lipinski definition) is 0. The molecule has 1 aromatic carbocycles. The quantitative estimate of drug-likeness (QED) is 0.642. The number of para-hydroxylation sites is 1. The fourth-order valence-corrected chi connectivity index (χ4v) is 0.768. The van der Waals surface area contributed by atoms with Crippen molar-refractivity contribution < 1.29 is 9.13 Å². The standard InChI is InChI=1S/C9H8FNO/c10-8-4-1-2-5-9(8)12-7-3-6-11/h1-2,4-5H,3,7H2. The molecular formula is C9H8FNO. The highest BCUT2D eigenvalue weighted by Crippen LogP contribution is 2.14. The van der Waals surface area contributed by atoms with Crippen molar-refractivity contribution in [2.45, 2.75) is 6.42 Å². The molecule has 0 heterocycles. The van der Waals surface area contributed by atoms with Gasteiger partial charge in [-0.2, -0.15) is 5.26 Å². The molecule has 0 fully saturated rings. The summed E-state index contributed by atoms with van der Waals surface area (Å²) in [6.45, 7) is 0.234. The molecule has 12 heavy (non-hydrogen) atoms. The van der Waals surface area contributed by atoms with Crippen molar-refractivity contribution in [1.29, 1.82) is 5.26 Å². The second-order valence-electron chi connectivity index (χ2n) is 2.19. The molecule has 0 unspecified atom stereocenters. The Balaban J connectivity index is 2.53. The highest BCUT2D eigenvalue weighted by Gasteiger charge is 1.99. The molecule has 3 heteroatoms.